The van der Waals surface area contributed by atoms with Gasteiger partial charge in [-0.15, -0.1) is 10.2 Å². The molecule has 1 aliphatic rings. The van der Waals surface area contributed by atoms with Gasteiger partial charge in [0.25, 0.3) is 5.89 Å². The molecule has 5 aromatic rings. The molecule has 9 nitrogen and oxygen atoms in total. The summed E-state index contributed by atoms with van der Waals surface area (Å²) in [5, 5.41) is 10.1. The zero-order chi connectivity index (χ0) is 22.4. The maximum atomic E-state index is 13.6. The van der Waals surface area contributed by atoms with Gasteiger partial charge in [-0.3, -0.25) is 14.8 Å². The van der Waals surface area contributed by atoms with Crippen molar-refractivity contribution in [3.63, 3.8) is 0 Å². The minimum absolute atomic E-state index is 0.0568. The lowest BCUT2D eigenvalue weighted by molar-refractivity contribution is 0.0629. The number of H-pyrrole nitrogens is 1. The Morgan fingerprint density at radius 2 is 1.91 bits per heavy atom. The maximum Gasteiger partial charge on any atom is 0.312 e. The molecule has 0 saturated heterocycles. The molecule has 1 N–H and O–H groups in total. The average molecular weight is 437 g/mol. The summed E-state index contributed by atoms with van der Waals surface area (Å²) in [4.78, 5) is 32.0. The van der Waals surface area contributed by atoms with Crippen molar-refractivity contribution in [3.05, 3.63) is 90.2 Å². The van der Waals surface area contributed by atoms with Gasteiger partial charge in [0.05, 0.1) is 17.7 Å². The van der Waals surface area contributed by atoms with Crippen LogP contribution in [0.25, 0.3) is 22.4 Å². The molecule has 4 aromatic heterocycles. The molecule has 0 bridgehead atoms. The van der Waals surface area contributed by atoms with Crippen LogP contribution in [0.4, 0.5) is 0 Å². The number of fused-ring (bicyclic) bond motifs is 2. The lowest BCUT2D eigenvalue weighted by Gasteiger charge is -2.36. The van der Waals surface area contributed by atoms with Gasteiger partial charge in [0.15, 0.2) is 0 Å². The van der Waals surface area contributed by atoms with Gasteiger partial charge in [0.1, 0.15) is 11.7 Å². The highest BCUT2D eigenvalue weighted by atomic mass is 16.4. The Balaban J connectivity index is 1.43. The molecule has 1 amide bonds. The molecule has 33 heavy (non-hydrogen) atoms. The number of aromatic amines is 1. The second-order valence-corrected chi connectivity index (χ2v) is 8.05. The molecular formula is C24H19N7O2. The number of imidazole rings is 1. The van der Waals surface area contributed by atoms with Crippen LogP contribution in [0.5, 0.6) is 0 Å². The molecule has 1 unspecified atom stereocenters. The minimum atomic E-state index is -0.482. The van der Waals surface area contributed by atoms with Crippen LogP contribution < -0.4 is 0 Å². The Morgan fingerprint density at radius 3 is 2.76 bits per heavy atom. The predicted molar refractivity (Wildman–Crippen MR) is 119 cm³/mol. The predicted octanol–water partition coefficient (Wildman–Crippen LogP) is 3.75. The number of carbonyl (C=O) groups excluding carboxylic acids is 1. The van der Waals surface area contributed by atoms with E-state index in [9.17, 15) is 4.79 Å². The van der Waals surface area contributed by atoms with Crippen molar-refractivity contribution in [2.24, 2.45) is 0 Å². The topological polar surface area (TPSA) is 114 Å². The van der Waals surface area contributed by atoms with Crippen LogP contribution in [0.3, 0.4) is 0 Å². The first-order valence-electron chi connectivity index (χ1n) is 10.6. The first-order valence-corrected chi connectivity index (χ1v) is 10.6. The monoisotopic (exact) mass is 437 g/mol. The van der Waals surface area contributed by atoms with Gasteiger partial charge in [0, 0.05) is 35.9 Å². The molecule has 0 saturated carbocycles. The van der Waals surface area contributed by atoms with Gasteiger partial charge in [-0.2, -0.15) is 0 Å². The number of rotatable bonds is 3. The van der Waals surface area contributed by atoms with Crippen molar-refractivity contribution in [1.82, 2.24) is 35.0 Å². The van der Waals surface area contributed by atoms with Crippen molar-refractivity contribution in [2.75, 3.05) is 6.54 Å². The lowest BCUT2D eigenvalue weighted by atomic mass is 9.92. The molecule has 1 aromatic carbocycles. The van der Waals surface area contributed by atoms with Crippen molar-refractivity contribution in [3.8, 4) is 11.6 Å². The number of pyridine rings is 2. The fraction of sp³-hybridized carbons (Fsp3) is 0.167. The van der Waals surface area contributed by atoms with E-state index in [1.54, 1.807) is 29.6 Å². The molecule has 6 rings (SSSR count). The molecule has 0 radical (unpaired) electrons. The summed E-state index contributed by atoms with van der Waals surface area (Å²) >= 11 is 0. The summed E-state index contributed by atoms with van der Waals surface area (Å²) in [5.74, 6) is -0.205. The normalized spacial score (nSPS) is 17.8. The summed E-state index contributed by atoms with van der Waals surface area (Å²) in [6, 6.07) is 14.9. The van der Waals surface area contributed by atoms with E-state index < -0.39 is 6.04 Å². The summed E-state index contributed by atoms with van der Waals surface area (Å²) in [7, 11) is 0. The first kappa shape index (κ1) is 19.3. The van der Waals surface area contributed by atoms with Gasteiger partial charge in [-0.05, 0) is 23.6 Å². The van der Waals surface area contributed by atoms with E-state index in [4.69, 9.17) is 4.42 Å². The molecule has 1 aliphatic heterocycles. The standard InChI is InChI=1S/C24H19N7O2/c1-14-12-31(24(32)23-30-29-22(33-23)17-8-4-5-9-25-17)21(20-19(14)27-13-28-20)18-10-15-6-2-3-7-16(15)11-26-18/h2-11,13-14,21H,12H2,1H3,(H,27,28)/t14-,21?/m1/s1. The number of nitrogens with one attached hydrogen (secondary N) is 1. The number of hydrogen-bond donors (Lipinski definition) is 1. The number of carbonyl (C=O) groups is 1. The third kappa shape index (κ3) is 3.25. The molecular weight excluding hydrogens is 418 g/mol. The Kier molecular flexibility index (Phi) is 4.46. The van der Waals surface area contributed by atoms with E-state index in [2.05, 4.69) is 37.1 Å². The molecule has 5 heterocycles. The van der Waals surface area contributed by atoms with E-state index in [0.717, 1.165) is 27.9 Å². The largest absolute Gasteiger partial charge is 0.411 e. The van der Waals surface area contributed by atoms with E-state index in [0.29, 0.717) is 12.2 Å². The Bertz CT molecular complexity index is 1460. The zero-order valence-corrected chi connectivity index (χ0v) is 17.7. The van der Waals surface area contributed by atoms with Crippen molar-refractivity contribution >= 4 is 16.7 Å². The average Bonchev–Trinajstić information content (AvgIpc) is 3.55. The van der Waals surface area contributed by atoms with Crippen LogP contribution in [0.15, 0.2) is 71.7 Å². The van der Waals surface area contributed by atoms with Crippen LogP contribution in [0.2, 0.25) is 0 Å². The third-order valence-electron chi connectivity index (χ3n) is 5.92. The highest BCUT2D eigenvalue weighted by Gasteiger charge is 2.40. The van der Waals surface area contributed by atoms with Crippen LogP contribution in [-0.2, 0) is 0 Å². The first-order chi connectivity index (χ1) is 16.2. The van der Waals surface area contributed by atoms with E-state index in [1.807, 2.05) is 42.6 Å². The highest BCUT2D eigenvalue weighted by molar-refractivity contribution is 5.91. The highest BCUT2D eigenvalue weighted by Crippen LogP contribution is 2.38. The number of aromatic nitrogens is 6. The molecule has 2 atom stereocenters. The van der Waals surface area contributed by atoms with Crippen molar-refractivity contribution < 1.29 is 9.21 Å². The van der Waals surface area contributed by atoms with Crippen LogP contribution in [-0.4, -0.2) is 47.5 Å². The second-order valence-electron chi connectivity index (χ2n) is 8.05. The summed E-state index contributed by atoms with van der Waals surface area (Å²) in [6.07, 6.45) is 5.12. The summed E-state index contributed by atoms with van der Waals surface area (Å²) in [5.41, 5.74) is 3.01. The number of benzene rings is 1. The van der Waals surface area contributed by atoms with Gasteiger partial charge in [-0.25, -0.2) is 4.98 Å². The van der Waals surface area contributed by atoms with Gasteiger partial charge in [0.2, 0.25) is 0 Å². The lowest BCUT2D eigenvalue weighted by Crippen LogP contribution is -2.42. The van der Waals surface area contributed by atoms with E-state index in [-0.39, 0.29) is 23.6 Å². The molecule has 0 spiro atoms. The Hall–Kier alpha value is -4.40. The van der Waals surface area contributed by atoms with Crippen molar-refractivity contribution in [2.45, 2.75) is 18.9 Å². The van der Waals surface area contributed by atoms with Gasteiger partial charge < -0.3 is 14.3 Å². The van der Waals surface area contributed by atoms with Gasteiger partial charge >= 0.3 is 11.8 Å². The van der Waals surface area contributed by atoms with E-state index in [1.165, 1.54) is 0 Å². The third-order valence-corrected chi connectivity index (χ3v) is 5.92. The molecule has 162 valence electrons. The second kappa shape index (κ2) is 7.63. The smallest absolute Gasteiger partial charge is 0.312 e. The van der Waals surface area contributed by atoms with E-state index >= 15 is 0 Å². The maximum absolute atomic E-state index is 13.6. The molecule has 0 fully saturated rings. The number of amides is 1. The van der Waals surface area contributed by atoms with Crippen LogP contribution >= 0.6 is 0 Å². The molecule has 9 heteroatoms. The summed E-state index contributed by atoms with van der Waals surface area (Å²) < 4.78 is 5.72. The molecule has 0 aliphatic carbocycles. The Morgan fingerprint density at radius 1 is 1.06 bits per heavy atom. The van der Waals surface area contributed by atoms with Crippen LogP contribution in [0, 0.1) is 0 Å². The zero-order valence-electron chi connectivity index (χ0n) is 17.7. The number of hydrogen-bond acceptors (Lipinski definition) is 7. The fourth-order valence-corrected chi connectivity index (χ4v) is 4.34. The summed E-state index contributed by atoms with van der Waals surface area (Å²) in [6.45, 7) is 2.50. The van der Waals surface area contributed by atoms with Gasteiger partial charge in [-0.1, -0.05) is 37.3 Å². The Labute approximate surface area is 188 Å². The fourth-order valence-electron chi connectivity index (χ4n) is 4.34. The minimum Gasteiger partial charge on any atom is -0.411 e. The quantitative estimate of drug-likeness (QED) is 0.457. The van der Waals surface area contributed by atoms with Crippen molar-refractivity contribution in [1.29, 1.82) is 0 Å². The number of nitrogens with zero attached hydrogens (tertiary/aromatic N) is 6. The van der Waals surface area contributed by atoms with Crippen LogP contribution in [0.1, 0.15) is 46.7 Å². The SMILES string of the molecule is C[C@@H]1CN(C(=O)c2nnc(-c3ccccn3)o2)C(c2cc3ccccc3cn2)c2nc[nH]c21.